The van der Waals surface area contributed by atoms with Crippen LogP contribution in [0.15, 0.2) is 30.5 Å². The van der Waals surface area contributed by atoms with Crippen molar-refractivity contribution in [1.29, 1.82) is 0 Å². The maximum absolute atomic E-state index is 11.7. The Morgan fingerprint density at radius 1 is 1.19 bits per heavy atom. The van der Waals surface area contributed by atoms with Crippen molar-refractivity contribution in [3.8, 4) is 11.4 Å². The Kier molecular flexibility index (Phi) is 4.16. The number of carbonyl (C=O) groups is 2. The zero-order valence-corrected chi connectivity index (χ0v) is 11.2. The fourth-order valence-electron chi connectivity index (χ4n) is 1.80. The first-order chi connectivity index (χ1) is 10.1. The van der Waals surface area contributed by atoms with Crippen LogP contribution in [-0.4, -0.2) is 28.7 Å². The summed E-state index contributed by atoms with van der Waals surface area (Å²) in [6.07, 6.45) is 1.37. The first-order valence-electron chi connectivity index (χ1n) is 5.87. The first kappa shape index (κ1) is 14.5. The number of hydrazine groups is 2. The topological polar surface area (TPSA) is 137 Å². The number of carbonyl (C=O) groups excluding carboxylic acids is 2. The van der Waals surface area contributed by atoms with Gasteiger partial charge in [-0.2, -0.15) is 5.10 Å². The van der Waals surface area contributed by atoms with Gasteiger partial charge in [0.05, 0.1) is 12.7 Å². The summed E-state index contributed by atoms with van der Waals surface area (Å²) in [5.41, 5.74) is 4.28. The van der Waals surface area contributed by atoms with E-state index in [9.17, 15) is 9.59 Å². The second kappa shape index (κ2) is 6.03. The van der Waals surface area contributed by atoms with Crippen LogP contribution in [0.5, 0.6) is 5.75 Å². The lowest BCUT2D eigenvalue weighted by molar-refractivity contribution is 0.0917. The minimum atomic E-state index is -0.706. The van der Waals surface area contributed by atoms with Gasteiger partial charge in [-0.05, 0) is 12.1 Å². The van der Waals surface area contributed by atoms with Crippen molar-refractivity contribution >= 4 is 11.8 Å². The molecule has 2 aromatic rings. The summed E-state index contributed by atoms with van der Waals surface area (Å²) in [7, 11) is 1.50. The fourth-order valence-corrected chi connectivity index (χ4v) is 1.80. The van der Waals surface area contributed by atoms with Gasteiger partial charge in [-0.1, -0.05) is 12.1 Å². The molecule has 0 aliphatic rings. The average Bonchev–Trinajstić information content (AvgIpc) is 2.98. The number of hydrogen-bond acceptors (Lipinski definition) is 6. The normalized spacial score (nSPS) is 10.0. The highest BCUT2D eigenvalue weighted by molar-refractivity contribution is 6.05. The number of aromatic nitrogens is 2. The van der Waals surface area contributed by atoms with E-state index in [1.54, 1.807) is 24.3 Å². The van der Waals surface area contributed by atoms with Crippen LogP contribution < -0.4 is 27.3 Å². The number of nitrogen functional groups attached to an aromatic ring is 2. The van der Waals surface area contributed by atoms with E-state index in [4.69, 9.17) is 16.4 Å². The van der Waals surface area contributed by atoms with E-state index < -0.39 is 11.8 Å². The molecule has 0 aliphatic heterocycles. The molecule has 2 amide bonds. The number of hydrogen-bond donors (Lipinski definition) is 4. The van der Waals surface area contributed by atoms with Gasteiger partial charge < -0.3 is 4.74 Å². The lowest BCUT2D eigenvalue weighted by Gasteiger charge is -2.07. The summed E-state index contributed by atoms with van der Waals surface area (Å²) in [5, 5.41) is 4.06. The van der Waals surface area contributed by atoms with Crippen LogP contribution in [0.2, 0.25) is 0 Å². The number of rotatable bonds is 4. The van der Waals surface area contributed by atoms with E-state index in [1.165, 1.54) is 18.0 Å². The van der Waals surface area contributed by atoms with E-state index in [0.717, 1.165) is 0 Å². The van der Waals surface area contributed by atoms with Crippen LogP contribution in [0.3, 0.4) is 0 Å². The van der Waals surface area contributed by atoms with Gasteiger partial charge in [0.2, 0.25) is 0 Å². The van der Waals surface area contributed by atoms with Gasteiger partial charge in [0.15, 0.2) is 5.69 Å². The summed E-state index contributed by atoms with van der Waals surface area (Å²) in [6, 6.07) is 7.00. The second-order valence-corrected chi connectivity index (χ2v) is 3.95. The summed E-state index contributed by atoms with van der Waals surface area (Å²) in [4.78, 5) is 23.4. The molecule has 0 bridgehead atoms. The Morgan fingerprint density at radius 2 is 1.86 bits per heavy atom. The van der Waals surface area contributed by atoms with Gasteiger partial charge in [0.1, 0.15) is 11.4 Å². The van der Waals surface area contributed by atoms with Crippen LogP contribution in [0.4, 0.5) is 0 Å². The van der Waals surface area contributed by atoms with E-state index in [1.807, 2.05) is 10.9 Å². The second-order valence-electron chi connectivity index (χ2n) is 3.95. The quantitative estimate of drug-likeness (QED) is 0.327. The highest BCUT2D eigenvalue weighted by Gasteiger charge is 2.22. The van der Waals surface area contributed by atoms with Crippen molar-refractivity contribution in [2.24, 2.45) is 11.7 Å². The Hall–Kier alpha value is -2.91. The van der Waals surface area contributed by atoms with Crippen molar-refractivity contribution in [1.82, 2.24) is 20.6 Å². The molecule has 9 nitrogen and oxygen atoms in total. The van der Waals surface area contributed by atoms with Crippen LogP contribution in [0.1, 0.15) is 20.8 Å². The number of para-hydroxylation sites is 2. The Bertz CT molecular complexity index is 648. The molecular formula is C12H14N6O3. The van der Waals surface area contributed by atoms with Gasteiger partial charge >= 0.3 is 0 Å². The monoisotopic (exact) mass is 290 g/mol. The lowest BCUT2D eigenvalue weighted by atomic mass is 10.2. The molecule has 9 heteroatoms. The van der Waals surface area contributed by atoms with Crippen molar-refractivity contribution in [3.63, 3.8) is 0 Å². The van der Waals surface area contributed by atoms with Crippen LogP contribution in [-0.2, 0) is 0 Å². The predicted octanol–water partition coefficient (Wildman–Crippen LogP) is -0.912. The molecule has 0 radical (unpaired) electrons. The summed E-state index contributed by atoms with van der Waals surface area (Å²) < 4.78 is 6.55. The number of nitrogens with zero attached hydrogens (tertiary/aromatic N) is 2. The predicted molar refractivity (Wildman–Crippen MR) is 73.4 cm³/mol. The third-order valence-corrected chi connectivity index (χ3v) is 2.77. The number of ether oxygens (including phenoxy) is 1. The van der Waals surface area contributed by atoms with E-state index in [0.29, 0.717) is 11.4 Å². The third kappa shape index (κ3) is 2.68. The number of amides is 2. The largest absolute Gasteiger partial charge is 0.494 e. The van der Waals surface area contributed by atoms with E-state index >= 15 is 0 Å². The number of nitrogens with one attached hydrogen (secondary N) is 2. The molecule has 0 aliphatic carbocycles. The molecule has 21 heavy (non-hydrogen) atoms. The van der Waals surface area contributed by atoms with Gasteiger partial charge in [0, 0.05) is 6.20 Å². The van der Waals surface area contributed by atoms with E-state index in [-0.39, 0.29) is 11.3 Å². The molecule has 1 aromatic carbocycles. The molecule has 6 N–H and O–H groups in total. The summed E-state index contributed by atoms with van der Waals surface area (Å²) in [5.74, 6) is 9.34. The lowest BCUT2D eigenvalue weighted by Crippen LogP contribution is -2.35. The van der Waals surface area contributed by atoms with Gasteiger partial charge in [-0.25, -0.2) is 16.4 Å². The third-order valence-electron chi connectivity index (χ3n) is 2.77. The fraction of sp³-hybridized carbons (Fsp3) is 0.0833. The molecular weight excluding hydrogens is 276 g/mol. The molecule has 110 valence electrons. The standard InChI is InChI=1S/C12H14N6O3/c1-21-9-5-3-2-4-8(9)18-6-7(11(19)15-13)10(17-18)12(20)16-14/h2-6H,13-14H2,1H3,(H,15,19)(H,16,20). The Labute approximate surface area is 119 Å². The molecule has 1 aromatic heterocycles. The number of nitrogens with two attached hydrogens (primary N) is 2. The first-order valence-corrected chi connectivity index (χ1v) is 5.87. The molecule has 0 saturated heterocycles. The Balaban J connectivity index is 2.58. The van der Waals surface area contributed by atoms with Crippen molar-refractivity contribution < 1.29 is 14.3 Å². The minimum Gasteiger partial charge on any atom is -0.494 e. The smallest absolute Gasteiger partial charge is 0.286 e. The van der Waals surface area contributed by atoms with Gasteiger partial charge in [0.25, 0.3) is 11.8 Å². The SMILES string of the molecule is COc1ccccc1-n1cc(C(=O)NN)c(C(=O)NN)n1. The number of methoxy groups -OCH3 is 1. The summed E-state index contributed by atoms with van der Waals surface area (Å²) in [6.45, 7) is 0. The maximum atomic E-state index is 11.7. The van der Waals surface area contributed by atoms with Crippen LogP contribution >= 0.6 is 0 Å². The minimum absolute atomic E-state index is 0.00800. The molecule has 0 spiro atoms. The van der Waals surface area contributed by atoms with Crippen LogP contribution in [0.25, 0.3) is 5.69 Å². The Morgan fingerprint density at radius 3 is 2.48 bits per heavy atom. The van der Waals surface area contributed by atoms with Crippen molar-refractivity contribution in [2.45, 2.75) is 0 Å². The molecule has 0 saturated carbocycles. The highest BCUT2D eigenvalue weighted by Crippen LogP contribution is 2.22. The molecule has 2 rings (SSSR count). The molecule has 0 unspecified atom stereocenters. The van der Waals surface area contributed by atoms with Crippen molar-refractivity contribution in [2.75, 3.05) is 7.11 Å². The van der Waals surface area contributed by atoms with Gasteiger partial charge in [-0.15, -0.1) is 0 Å². The zero-order valence-electron chi connectivity index (χ0n) is 11.2. The maximum Gasteiger partial charge on any atom is 0.286 e. The molecule has 1 heterocycles. The average molecular weight is 290 g/mol. The summed E-state index contributed by atoms with van der Waals surface area (Å²) >= 11 is 0. The van der Waals surface area contributed by atoms with Gasteiger partial charge in [-0.3, -0.25) is 20.4 Å². The van der Waals surface area contributed by atoms with E-state index in [2.05, 4.69) is 5.10 Å². The van der Waals surface area contributed by atoms with Crippen molar-refractivity contribution in [3.05, 3.63) is 41.7 Å². The molecule has 0 atom stereocenters. The molecule has 0 fully saturated rings. The number of benzene rings is 1. The zero-order chi connectivity index (χ0) is 15.4. The highest BCUT2D eigenvalue weighted by atomic mass is 16.5. The van der Waals surface area contributed by atoms with Crippen LogP contribution in [0, 0.1) is 0 Å².